The van der Waals surface area contributed by atoms with Crippen molar-refractivity contribution in [2.75, 3.05) is 13.1 Å². The summed E-state index contributed by atoms with van der Waals surface area (Å²) in [4.78, 5) is 28.7. The Hall–Kier alpha value is -2.15. The SMILES string of the molecule is O=C(ONCc1ccccc1[N+](=O)[O-])N1CCCCC1. The summed E-state index contributed by atoms with van der Waals surface area (Å²) in [6, 6.07) is 6.35. The molecule has 0 radical (unpaired) electrons. The zero-order valence-corrected chi connectivity index (χ0v) is 11.1. The van der Waals surface area contributed by atoms with E-state index >= 15 is 0 Å². The van der Waals surface area contributed by atoms with Crippen LogP contribution in [0.15, 0.2) is 24.3 Å². The first-order valence-corrected chi connectivity index (χ1v) is 6.59. The molecule has 0 atom stereocenters. The number of nitrogens with one attached hydrogen (secondary N) is 1. The van der Waals surface area contributed by atoms with E-state index in [-0.39, 0.29) is 12.2 Å². The molecule has 0 aromatic heterocycles. The number of likely N-dealkylation sites (tertiary alicyclic amines) is 1. The van der Waals surface area contributed by atoms with Crippen LogP contribution in [0.1, 0.15) is 24.8 Å². The minimum Gasteiger partial charge on any atom is -0.353 e. The second-order valence-electron chi connectivity index (χ2n) is 4.62. The number of carbonyl (C=O) groups excluding carboxylic acids is 1. The lowest BCUT2D eigenvalue weighted by Crippen LogP contribution is -2.38. The number of hydrogen-bond acceptors (Lipinski definition) is 5. The molecule has 1 saturated heterocycles. The van der Waals surface area contributed by atoms with Gasteiger partial charge in [-0.1, -0.05) is 18.2 Å². The first-order chi connectivity index (χ1) is 9.68. The minimum absolute atomic E-state index is 0.00835. The number of nitro benzene ring substituents is 1. The normalized spacial score (nSPS) is 14.9. The highest BCUT2D eigenvalue weighted by Crippen LogP contribution is 2.17. The minimum atomic E-state index is -0.455. The molecule has 1 heterocycles. The number of para-hydroxylation sites is 1. The van der Waals surface area contributed by atoms with Gasteiger partial charge in [0, 0.05) is 24.7 Å². The zero-order valence-electron chi connectivity index (χ0n) is 11.1. The molecule has 0 saturated carbocycles. The van der Waals surface area contributed by atoms with Crippen molar-refractivity contribution >= 4 is 11.8 Å². The lowest BCUT2D eigenvalue weighted by Gasteiger charge is -2.25. The van der Waals surface area contributed by atoms with Crippen molar-refractivity contribution in [3.63, 3.8) is 0 Å². The predicted molar refractivity (Wildman–Crippen MR) is 71.8 cm³/mol. The van der Waals surface area contributed by atoms with E-state index in [1.54, 1.807) is 23.1 Å². The van der Waals surface area contributed by atoms with Gasteiger partial charge in [0.1, 0.15) is 0 Å². The van der Waals surface area contributed by atoms with Crippen LogP contribution in [-0.4, -0.2) is 29.0 Å². The van der Waals surface area contributed by atoms with Crippen molar-refractivity contribution in [2.45, 2.75) is 25.8 Å². The van der Waals surface area contributed by atoms with Gasteiger partial charge in [0.25, 0.3) is 5.69 Å². The smallest absolute Gasteiger partial charge is 0.353 e. The Kier molecular flexibility index (Phi) is 4.89. The Morgan fingerprint density at radius 1 is 1.30 bits per heavy atom. The van der Waals surface area contributed by atoms with Crippen LogP contribution in [0.2, 0.25) is 0 Å². The Morgan fingerprint density at radius 3 is 2.70 bits per heavy atom. The zero-order chi connectivity index (χ0) is 14.4. The molecule has 7 heteroatoms. The second-order valence-corrected chi connectivity index (χ2v) is 4.62. The number of benzene rings is 1. The van der Waals surface area contributed by atoms with Crippen LogP contribution >= 0.6 is 0 Å². The highest BCUT2D eigenvalue weighted by atomic mass is 16.7. The van der Waals surface area contributed by atoms with Crippen molar-refractivity contribution in [3.05, 3.63) is 39.9 Å². The fourth-order valence-electron chi connectivity index (χ4n) is 2.16. The maximum atomic E-state index is 11.7. The van der Waals surface area contributed by atoms with Crippen LogP contribution in [0, 0.1) is 10.1 Å². The first kappa shape index (κ1) is 14.3. The van der Waals surface area contributed by atoms with Crippen molar-refractivity contribution < 1.29 is 14.6 Å². The lowest BCUT2D eigenvalue weighted by molar-refractivity contribution is -0.385. The van der Waals surface area contributed by atoms with Gasteiger partial charge in [-0.05, 0) is 19.3 Å². The van der Waals surface area contributed by atoms with E-state index < -0.39 is 11.0 Å². The van der Waals surface area contributed by atoms with Crippen LogP contribution < -0.4 is 5.48 Å². The third kappa shape index (κ3) is 3.67. The molecule has 1 aromatic carbocycles. The summed E-state index contributed by atoms with van der Waals surface area (Å²) in [5.74, 6) is 0. The molecule has 0 aliphatic carbocycles. The molecule has 0 unspecified atom stereocenters. The molecule has 108 valence electrons. The quantitative estimate of drug-likeness (QED) is 0.674. The fraction of sp³-hybridized carbons (Fsp3) is 0.462. The average molecular weight is 279 g/mol. The largest absolute Gasteiger partial charge is 0.428 e. The molecule has 1 N–H and O–H groups in total. The molecule has 0 bridgehead atoms. The summed E-state index contributed by atoms with van der Waals surface area (Å²) in [6.45, 7) is 1.51. The van der Waals surface area contributed by atoms with E-state index in [1.165, 1.54) is 6.07 Å². The molecule has 1 fully saturated rings. The molecule has 7 nitrogen and oxygen atoms in total. The maximum Gasteiger partial charge on any atom is 0.428 e. The van der Waals surface area contributed by atoms with Gasteiger partial charge in [-0.25, -0.2) is 4.79 Å². The van der Waals surface area contributed by atoms with Crippen molar-refractivity contribution in [1.29, 1.82) is 0 Å². The lowest BCUT2D eigenvalue weighted by atomic mass is 10.1. The number of hydroxylamine groups is 1. The van der Waals surface area contributed by atoms with Gasteiger partial charge in [-0.2, -0.15) is 0 Å². The summed E-state index contributed by atoms with van der Waals surface area (Å²) < 4.78 is 0. The average Bonchev–Trinajstić information content (AvgIpc) is 2.48. The van der Waals surface area contributed by atoms with Gasteiger partial charge >= 0.3 is 6.09 Å². The molecule has 2 rings (SSSR count). The first-order valence-electron chi connectivity index (χ1n) is 6.59. The fourth-order valence-corrected chi connectivity index (χ4v) is 2.16. The molecular weight excluding hydrogens is 262 g/mol. The Bertz CT molecular complexity index is 486. The highest BCUT2D eigenvalue weighted by Gasteiger charge is 2.18. The van der Waals surface area contributed by atoms with Gasteiger partial charge in [0.2, 0.25) is 0 Å². The monoisotopic (exact) mass is 279 g/mol. The summed E-state index contributed by atoms with van der Waals surface area (Å²) in [5.41, 5.74) is 2.98. The van der Waals surface area contributed by atoms with Crippen molar-refractivity contribution in [3.8, 4) is 0 Å². The number of carbonyl (C=O) groups is 1. The topological polar surface area (TPSA) is 84.7 Å². The van der Waals surface area contributed by atoms with Crippen LogP contribution in [0.4, 0.5) is 10.5 Å². The molecule has 1 amide bonds. The van der Waals surface area contributed by atoms with Crippen LogP contribution in [0.25, 0.3) is 0 Å². The number of nitro groups is 1. The summed E-state index contributed by atoms with van der Waals surface area (Å²) in [7, 11) is 0. The number of hydrogen-bond donors (Lipinski definition) is 1. The van der Waals surface area contributed by atoms with Gasteiger partial charge in [-0.15, -0.1) is 5.48 Å². The van der Waals surface area contributed by atoms with Crippen LogP contribution in [0.5, 0.6) is 0 Å². The number of amides is 1. The van der Waals surface area contributed by atoms with E-state index in [4.69, 9.17) is 4.84 Å². The van der Waals surface area contributed by atoms with E-state index in [0.29, 0.717) is 18.7 Å². The van der Waals surface area contributed by atoms with Crippen molar-refractivity contribution in [1.82, 2.24) is 10.4 Å². The highest BCUT2D eigenvalue weighted by molar-refractivity contribution is 5.67. The van der Waals surface area contributed by atoms with Gasteiger partial charge < -0.3 is 9.74 Å². The van der Waals surface area contributed by atoms with E-state index in [1.807, 2.05) is 0 Å². The van der Waals surface area contributed by atoms with E-state index in [9.17, 15) is 14.9 Å². The standard InChI is InChI=1S/C13H17N3O4/c17-13(15-8-4-1-5-9-15)20-14-10-11-6-2-3-7-12(11)16(18)19/h2-3,6-7,14H,1,4-5,8-10H2. The third-order valence-corrected chi connectivity index (χ3v) is 3.22. The summed E-state index contributed by atoms with van der Waals surface area (Å²) >= 11 is 0. The Labute approximate surface area is 116 Å². The second kappa shape index (κ2) is 6.85. The Morgan fingerprint density at radius 2 is 2.00 bits per heavy atom. The molecule has 0 spiro atoms. The number of nitrogens with zero attached hydrogens (tertiary/aromatic N) is 2. The molecular formula is C13H17N3O4. The summed E-state index contributed by atoms with van der Waals surface area (Å²) in [5, 5.41) is 10.8. The molecule has 20 heavy (non-hydrogen) atoms. The van der Waals surface area contributed by atoms with Crippen molar-refractivity contribution in [2.24, 2.45) is 0 Å². The summed E-state index contributed by atoms with van der Waals surface area (Å²) in [6.07, 6.45) is 2.68. The van der Waals surface area contributed by atoms with E-state index in [2.05, 4.69) is 5.48 Å². The molecule has 1 aromatic rings. The molecule has 1 aliphatic rings. The van der Waals surface area contributed by atoms with E-state index in [0.717, 1.165) is 19.3 Å². The van der Waals surface area contributed by atoms with Crippen LogP contribution in [-0.2, 0) is 11.4 Å². The third-order valence-electron chi connectivity index (χ3n) is 3.22. The number of piperidine rings is 1. The van der Waals surface area contributed by atoms with Crippen LogP contribution in [0.3, 0.4) is 0 Å². The number of rotatable bonds is 4. The van der Waals surface area contributed by atoms with Gasteiger partial charge in [0.15, 0.2) is 0 Å². The predicted octanol–water partition coefficient (Wildman–Crippen LogP) is 2.22. The van der Waals surface area contributed by atoms with Gasteiger partial charge in [-0.3, -0.25) is 10.1 Å². The van der Waals surface area contributed by atoms with Gasteiger partial charge in [0.05, 0.1) is 11.5 Å². The Balaban J connectivity index is 1.83. The maximum absolute atomic E-state index is 11.7. The molecule has 1 aliphatic heterocycles.